The molecule has 2 rings (SSSR count). The summed E-state index contributed by atoms with van der Waals surface area (Å²) >= 11 is 0. The van der Waals surface area contributed by atoms with Gasteiger partial charge in [0.2, 0.25) is 0 Å². The molecule has 0 aliphatic carbocycles. The van der Waals surface area contributed by atoms with Crippen molar-refractivity contribution in [2.24, 2.45) is 5.11 Å². The zero-order valence-corrected chi connectivity index (χ0v) is 11.3. The van der Waals surface area contributed by atoms with Gasteiger partial charge in [0.25, 0.3) is 0 Å². The van der Waals surface area contributed by atoms with Crippen LogP contribution >= 0.6 is 0 Å². The van der Waals surface area contributed by atoms with Crippen LogP contribution in [0.2, 0.25) is 0 Å². The van der Waals surface area contributed by atoms with E-state index in [1.54, 1.807) is 6.20 Å². The van der Waals surface area contributed by atoms with E-state index in [2.05, 4.69) is 21.9 Å². The Labute approximate surface area is 116 Å². The topological polar surface area (TPSA) is 90.9 Å². The van der Waals surface area contributed by atoms with Crippen LogP contribution in [0.5, 0.6) is 5.75 Å². The van der Waals surface area contributed by atoms with Crippen molar-refractivity contribution >= 4 is 16.7 Å². The monoisotopic (exact) mass is 272 g/mol. The number of carbonyl (C=O) groups excluding carboxylic acids is 1. The molecule has 0 spiro atoms. The number of aromatic amines is 1. The summed E-state index contributed by atoms with van der Waals surface area (Å²) in [5, 5.41) is 4.09. The Morgan fingerprint density at radius 1 is 1.50 bits per heavy atom. The Hall–Kier alpha value is -2.46. The smallest absolute Gasteiger partial charge is 0.170 e. The van der Waals surface area contributed by atoms with Gasteiger partial charge in [0.1, 0.15) is 5.75 Å². The van der Waals surface area contributed by atoms with Crippen molar-refractivity contribution in [3.8, 4) is 5.75 Å². The summed E-state index contributed by atoms with van der Waals surface area (Å²) in [7, 11) is 0. The minimum Gasteiger partial charge on any atom is -0.494 e. The maximum atomic E-state index is 11.9. The van der Waals surface area contributed by atoms with Crippen molar-refractivity contribution in [1.29, 1.82) is 0 Å². The lowest BCUT2D eigenvalue weighted by molar-refractivity contribution is 0.100. The molecule has 2 aromatic rings. The Morgan fingerprint density at radius 2 is 2.35 bits per heavy atom. The number of nitrogens with zero attached hydrogens (tertiary/aromatic N) is 3. The maximum Gasteiger partial charge on any atom is 0.170 e. The van der Waals surface area contributed by atoms with Gasteiger partial charge < -0.3 is 9.72 Å². The summed E-state index contributed by atoms with van der Waals surface area (Å²) in [4.78, 5) is 17.6. The van der Waals surface area contributed by atoms with E-state index in [0.29, 0.717) is 12.2 Å². The average molecular weight is 272 g/mol. The van der Waals surface area contributed by atoms with Crippen molar-refractivity contribution in [3.63, 3.8) is 0 Å². The predicted octanol–water partition coefficient (Wildman–Crippen LogP) is 3.84. The molecule has 0 bridgehead atoms. The number of nitrogens with one attached hydrogen (secondary N) is 1. The zero-order valence-electron chi connectivity index (χ0n) is 11.3. The number of hydrogen-bond donors (Lipinski definition) is 1. The van der Waals surface area contributed by atoms with Gasteiger partial charge in [-0.3, -0.25) is 4.79 Å². The van der Waals surface area contributed by atoms with Gasteiger partial charge in [0, 0.05) is 27.6 Å². The fourth-order valence-corrected chi connectivity index (χ4v) is 1.94. The molecular weight excluding hydrogens is 256 g/mol. The van der Waals surface area contributed by atoms with Crippen molar-refractivity contribution in [1.82, 2.24) is 4.98 Å². The second-order valence-electron chi connectivity index (χ2n) is 4.42. The number of fused-ring (bicyclic) bond motifs is 1. The Balaban J connectivity index is 2.25. The van der Waals surface area contributed by atoms with Crippen LogP contribution in [0.1, 0.15) is 30.1 Å². The van der Waals surface area contributed by atoms with Gasteiger partial charge in [-0.25, -0.2) is 0 Å². The van der Waals surface area contributed by atoms with Crippen LogP contribution < -0.4 is 4.74 Å². The van der Waals surface area contributed by atoms with Crippen molar-refractivity contribution in [3.05, 3.63) is 40.4 Å². The fourth-order valence-electron chi connectivity index (χ4n) is 1.94. The standard InChI is InChI=1S/C14H16N4O2/c1-2-3-6-20-10-4-5-13-11(7-10)12(8-16-13)14(19)9-17-18-15/h4-5,7-8,16H,2-3,6,9H2,1H3. The first-order valence-corrected chi connectivity index (χ1v) is 6.54. The summed E-state index contributed by atoms with van der Waals surface area (Å²) in [5.74, 6) is 0.531. The first-order chi connectivity index (χ1) is 9.76. The molecule has 0 aliphatic rings. The normalized spacial score (nSPS) is 10.2. The summed E-state index contributed by atoms with van der Waals surface area (Å²) in [6.07, 6.45) is 3.70. The van der Waals surface area contributed by atoms with Crippen molar-refractivity contribution in [2.75, 3.05) is 13.2 Å². The molecular formula is C14H16N4O2. The fraction of sp³-hybridized carbons (Fsp3) is 0.357. The molecule has 1 N–H and O–H groups in total. The second-order valence-corrected chi connectivity index (χ2v) is 4.42. The van der Waals surface area contributed by atoms with E-state index in [1.165, 1.54) is 0 Å². The number of azide groups is 1. The van der Waals surface area contributed by atoms with E-state index in [1.807, 2.05) is 18.2 Å². The molecule has 0 fully saturated rings. The van der Waals surface area contributed by atoms with Crippen LogP contribution in [-0.2, 0) is 0 Å². The highest BCUT2D eigenvalue weighted by atomic mass is 16.5. The van der Waals surface area contributed by atoms with E-state index >= 15 is 0 Å². The number of Topliss-reactive ketones (excluding diaryl/α,β-unsaturated/α-hetero) is 1. The summed E-state index contributed by atoms with van der Waals surface area (Å²) in [6.45, 7) is 2.59. The quantitative estimate of drug-likeness (QED) is 0.273. The lowest BCUT2D eigenvalue weighted by atomic mass is 10.1. The highest BCUT2D eigenvalue weighted by Gasteiger charge is 2.11. The van der Waals surface area contributed by atoms with Gasteiger partial charge in [0.05, 0.1) is 13.2 Å². The van der Waals surface area contributed by atoms with Crippen LogP contribution in [0.3, 0.4) is 0 Å². The van der Waals surface area contributed by atoms with Crippen LogP contribution in [0.15, 0.2) is 29.5 Å². The van der Waals surface area contributed by atoms with E-state index in [4.69, 9.17) is 10.3 Å². The number of aromatic nitrogens is 1. The molecule has 104 valence electrons. The van der Waals surface area contributed by atoms with Gasteiger partial charge >= 0.3 is 0 Å². The molecule has 0 atom stereocenters. The van der Waals surface area contributed by atoms with Gasteiger partial charge in [-0.1, -0.05) is 18.5 Å². The van der Waals surface area contributed by atoms with Gasteiger partial charge in [-0.15, -0.1) is 0 Å². The molecule has 1 aromatic heterocycles. The molecule has 0 saturated carbocycles. The third-order valence-corrected chi connectivity index (χ3v) is 3.00. The number of rotatable bonds is 7. The number of ketones is 1. The first-order valence-electron chi connectivity index (χ1n) is 6.54. The van der Waals surface area contributed by atoms with Gasteiger partial charge in [-0.05, 0) is 30.2 Å². The molecule has 0 unspecified atom stereocenters. The minimum atomic E-state index is -0.209. The molecule has 1 heterocycles. The zero-order chi connectivity index (χ0) is 14.4. The number of ether oxygens (including phenoxy) is 1. The van der Waals surface area contributed by atoms with E-state index in [-0.39, 0.29) is 12.3 Å². The third kappa shape index (κ3) is 3.10. The maximum absolute atomic E-state index is 11.9. The predicted molar refractivity (Wildman–Crippen MR) is 77.0 cm³/mol. The molecule has 0 radical (unpaired) electrons. The Kier molecular flexibility index (Phi) is 4.63. The number of carbonyl (C=O) groups is 1. The third-order valence-electron chi connectivity index (χ3n) is 3.00. The highest BCUT2D eigenvalue weighted by Crippen LogP contribution is 2.24. The van der Waals surface area contributed by atoms with Crippen LogP contribution in [0.4, 0.5) is 0 Å². The van der Waals surface area contributed by atoms with Crippen molar-refractivity contribution < 1.29 is 9.53 Å². The largest absolute Gasteiger partial charge is 0.494 e. The van der Waals surface area contributed by atoms with Crippen LogP contribution in [0, 0.1) is 0 Å². The Morgan fingerprint density at radius 3 is 3.10 bits per heavy atom. The van der Waals surface area contributed by atoms with Crippen LogP contribution in [-0.4, -0.2) is 23.9 Å². The van der Waals surface area contributed by atoms with E-state index < -0.39 is 0 Å². The van der Waals surface area contributed by atoms with Crippen molar-refractivity contribution in [2.45, 2.75) is 19.8 Å². The van der Waals surface area contributed by atoms with Gasteiger partial charge in [0.15, 0.2) is 5.78 Å². The molecule has 6 heteroatoms. The first kappa shape index (κ1) is 14.0. The summed E-state index contributed by atoms with van der Waals surface area (Å²) < 4.78 is 5.63. The highest BCUT2D eigenvalue weighted by molar-refractivity contribution is 6.09. The summed E-state index contributed by atoms with van der Waals surface area (Å²) in [5.41, 5.74) is 9.65. The average Bonchev–Trinajstić information content (AvgIpc) is 2.88. The number of benzene rings is 1. The SMILES string of the molecule is CCCCOc1ccc2[nH]cc(C(=O)CN=[N+]=[N-])c2c1. The number of H-pyrrole nitrogens is 1. The summed E-state index contributed by atoms with van der Waals surface area (Å²) in [6, 6.07) is 5.59. The van der Waals surface area contributed by atoms with Crippen LogP contribution in [0.25, 0.3) is 21.3 Å². The lowest BCUT2D eigenvalue weighted by Gasteiger charge is -2.05. The molecule has 0 saturated heterocycles. The van der Waals surface area contributed by atoms with E-state index in [0.717, 1.165) is 29.5 Å². The van der Waals surface area contributed by atoms with E-state index in [9.17, 15) is 4.79 Å². The second kappa shape index (κ2) is 6.63. The minimum absolute atomic E-state index is 0.176. The molecule has 1 aromatic carbocycles. The Bertz CT molecular complexity index is 656. The molecule has 6 nitrogen and oxygen atoms in total. The number of unbranched alkanes of at least 4 members (excludes halogenated alkanes) is 1. The molecule has 0 amide bonds. The molecule has 0 aliphatic heterocycles. The molecule has 20 heavy (non-hydrogen) atoms. The lowest BCUT2D eigenvalue weighted by Crippen LogP contribution is -2.01. The number of hydrogen-bond acceptors (Lipinski definition) is 3. The van der Waals surface area contributed by atoms with Gasteiger partial charge in [-0.2, -0.15) is 0 Å².